The van der Waals surface area contributed by atoms with Crippen molar-refractivity contribution in [3.8, 4) is 0 Å². The molecule has 13 heavy (non-hydrogen) atoms. The topological polar surface area (TPSA) is 20.2 Å². The largest absolute Gasteiger partial charge is 0.392 e. The van der Waals surface area contributed by atoms with E-state index in [-0.39, 0.29) is 6.61 Å². The van der Waals surface area contributed by atoms with Gasteiger partial charge in [-0.3, -0.25) is 0 Å². The van der Waals surface area contributed by atoms with Crippen molar-refractivity contribution in [1.82, 2.24) is 0 Å². The summed E-state index contributed by atoms with van der Waals surface area (Å²) in [6, 6.07) is 4.06. The Labute approximate surface area is 102 Å². The number of thiophene rings is 1. The normalized spacial score (nSPS) is 11.0. The van der Waals surface area contributed by atoms with Crippen molar-refractivity contribution in [1.29, 1.82) is 0 Å². The van der Waals surface area contributed by atoms with E-state index in [4.69, 9.17) is 0 Å². The van der Waals surface area contributed by atoms with E-state index in [0.29, 0.717) is 0 Å². The zero-order valence-electron chi connectivity index (χ0n) is 6.55. The Morgan fingerprint density at radius 1 is 1.46 bits per heavy atom. The quantitative estimate of drug-likeness (QED) is 0.760. The number of rotatable bonds is 1. The second kappa shape index (κ2) is 3.84. The van der Waals surface area contributed by atoms with E-state index < -0.39 is 0 Å². The Kier molecular flexibility index (Phi) is 2.92. The van der Waals surface area contributed by atoms with Crippen LogP contribution in [0.3, 0.4) is 0 Å². The summed E-state index contributed by atoms with van der Waals surface area (Å²) in [4.78, 5) is 0. The molecular formula is C9H6BrIOS. The number of aliphatic hydroxyl groups excluding tert-OH is 1. The summed E-state index contributed by atoms with van der Waals surface area (Å²) in [5.41, 5.74) is 0.989. The molecule has 0 aliphatic rings. The van der Waals surface area contributed by atoms with E-state index in [1.807, 2.05) is 6.07 Å². The van der Waals surface area contributed by atoms with Gasteiger partial charge in [-0.25, -0.2) is 0 Å². The minimum Gasteiger partial charge on any atom is -0.392 e. The SMILES string of the molecule is OCc1c(Br)ccc2scc(I)c12. The van der Waals surface area contributed by atoms with Crippen LogP contribution in [0.4, 0.5) is 0 Å². The van der Waals surface area contributed by atoms with Crippen molar-refractivity contribution in [3.05, 3.63) is 31.1 Å². The summed E-state index contributed by atoms with van der Waals surface area (Å²) in [7, 11) is 0. The average Bonchev–Trinajstić information content (AvgIpc) is 2.49. The van der Waals surface area contributed by atoms with Gasteiger partial charge >= 0.3 is 0 Å². The maximum Gasteiger partial charge on any atom is 0.0699 e. The minimum atomic E-state index is 0.0880. The van der Waals surface area contributed by atoms with Gasteiger partial charge in [0.2, 0.25) is 0 Å². The number of halogens is 2. The smallest absolute Gasteiger partial charge is 0.0699 e. The molecule has 0 fully saturated rings. The molecule has 0 radical (unpaired) electrons. The molecule has 1 aromatic carbocycles. The molecule has 0 saturated carbocycles. The van der Waals surface area contributed by atoms with Gasteiger partial charge < -0.3 is 5.11 Å². The molecule has 0 aliphatic heterocycles. The lowest BCUT2D eigenvalue weighted by atomic mass is 10.1. The van der Waals surface area contributed by atoms with Crippen LogP contribution in [-0.2, 0) is 6.61 Å². The minimum absolute atomic E-state index is 0.0880. The molecule has 0 spiro atoms. The summed E-state index contributed by atoms with van der Waals surface area (Å²) in [5, 5.41) is 12.5. The molecule has 1 aromatic heterocycles. The second-order valence-corrected chi connectivity index (χ2v) is 5.57. The van der Waals surface area contributed by atoms with Gasteiger partial charge in [0.15, 0.2) is 0 Å². The molecule has 0 bridgehead atoms. The Balaban J connectivity index is 2.88. The third kappa shape index (κ3) is 1.65. The fourth-order valence-electron chi connectivity index (χ4n) is 1.29. The van der Waals surface area contributed by atoms with Crippen LogP contribution in [0.5, 0.6) is 0 Å². The Bertz CT molecular complexity index is 452. The number of hydrogen-bond acceptors (Lipinski definition) is 2. The highest BCUT2D eigenvalue weighted by Crippen LogP contribution is 2.34. The van der Waals surface area contributed by atoms with Crippen LogP contribution in [0.25, 0.3) is 10.1 Å². The van der Waals surface area contributed by atoms with Crippen LogP contribution in [0.15, 0.2) is 22.0 Å². The van der Waals surface area contributed by atoms with Crippen molar-refractivity contribution in [2.75, 3.05) is 0 Å². The predicted molar refractivity (Wildman–Crippen MR) is 68.2 cm³/mol. The van der Waals surface area contributed by atoms with Crippen molar-refractivity contribution >= 4 is 59.9 Å². The third-order valence-corrected chi connectivity index (χ3v) is 4.87. The predicted octanol–water partition coefficient (Wildman–Crippen LogP) is 3.76. The van der Waals surface area contributed by atoms with Crippen LogP contribution in [0.2, 0.25) is 0 Å². The first-order chi connectivity index (χ1) is 6.24. The first-order valence-corrected chi connectivity index (χ1v) is 6.44. The Morgan fingerprint density at radius 3 is 2.92 bits per heavy atom. The van der Waals surface area contributed by atoms with Gasteiger partial charge in [0.05, 0.1) is 6.61 Å². The number of fused-ring (bicyclic) bond motifs is 1. The van der Waals surface area contributed by atoms with Crippen molar-refractivity contribution in [2.45, 2.75) is 6.61 Å². The monoisotopic (exact) mass is 368 g/mol. The molecule has 1 N–H and O–H groups in total. The number of hydrogen-bond donors (Lipinski definition) is 1. The van der Waals surface area contributed by atoms with Crippen molar-refractivity contribution in [3.63, 3.8) is 0 Å². The fraction of sp³-hybridized carbons (Fsp3) is 0.111. The summed E-state index contributed by atoms with van der Waals surface area (Å²) in [6.45, 7) is 0.0880. The highest BCUT2D eigenvalue weighted by molar-refractivity contribution is 14.1. The van der Waals surface area contributed by atoms with E-state index in [2.05, 4.69) is 50.0 Å². The lowest BCUT2D eigenvalue weighted by Crippen LogP contribution is -1.86. The molecule has 2 aromatic rings. The molecule has 1 nitrogen and oxygen atoms in total. The summed E-state index contributed by atoms with van der Waals surface area (Å²) in [5.74, 6) is 0. The van der Waals surface area contributed by atoms with Crippen LogP contribution < -0.4 is 0 Å². The maximum absolute atomic E-state index is 9.23. The average molecular weight is 369 g/mol. The van der Waals surface area contributed by atoms with E-state index in [1.165, 1.54) is 13.7 Å². The Hall–Kier alpha value is 0.350. The standard InChI is InChI=1S/C9H6BrIOS/c10-6-1-2-8-9(5(6)3-12)7(11)4-13-8/h1-2,4,12H,3H2. The van der Waals surface area contributed by atoms with Gasteiger partial charge in [0.1, 0.15) is 0 Å². The van der Waals surface area contributed by atoms with E-state index in [9.17, 15) is 5.11 Å². The van der Waals surface area contributed by atoms with Gasteiger partial charge in [0, 0.05) is 29.1 Å². The molecular weight excluding hydrogens is 363 g/mol. The van der Waals surface area contributed by atoms with Crippen LogP contribution in [-0.4, -0.2) is 5.11 Å². The molecule has 0 aliphatic carbocycles. The molecule has 0 amide bonds. The summed E-state index contributed by atoms with van der Waals surface area (Å²) >= 11 is 7.45. The van der Waals surface area contributed by atoms with Crippen molar-refractivity contribution < 1.29 is 5.11 Å². The molecule has 4 heteroatoms. The van der Waals surface area contributed by atoms with Crippen LogP contribution >= 0.6 is 49.9 Å². The van der Waals surface area contributed by atoms with E-state index in [1.54, 1.807) is 11.3 Å². The maximum atomic E-state index is 9.23. The van der Waals surface area contributed by atoms with Gasteiger partial charge in [0.25, 0.3) is 0 Å². The lowest BCUT2D eigenvalue weighted by molar-refractivity contribution is 0.282. The fourth-order valence-corrected chi connectivity index (χ4v) is 3.77. The number of aliphatic hydroxyl groups is 1. The highest BCUT2D eigenvalue weighted by atomic mass is 127. The summed E-state index contributed by atoms with van der Waals surface area (Å²) < 4.78 is 3.43. The van der Waals surface area contributed by atoms with Gasteiger partial charge in [-0.1, -0.05) is 15.9 Å². The molecule has 1 heterocycles. The molecule has 0 saturated heterocycles. The van der Waals surface area contributed by atoms with Crippen molar-refractivity contribution in [2.24, 2.45) is 0 Å². The Morgan fingerprint density at radius 2 is 2.23 bits per heavy atom. The molecule has 0 unspecified atom stereocenters. The third-order valence-electron chi connectivity index (χ3n) is 1.90. The molecule has 2 rings (SSSR count). The zero-order valence-corrected chi connectivity index (χ0v) is 11.1. The summed E-state index contributed by atoms with van der Waals surface area (Å²) in [6.07, 6.45) is 0. The molecule has 0 atom stereocenters. The van der Waals surface area contributed by atoms with E-state index in [0.717, 1.165) is 10.0 Å². The van der Waals surface area contributed by atoms with Gasteiger partial charge in [-0.2, -0.15) is 0 Å². The first-order valence-electron chi connectivity index (χ1n) is 3.69. The van der Waals surface area contributed by atoms with Gasteiger partial charge in [-0.05, 0) is 34.7 Å². The second-order valence-electron chi connectivity index (χ2n) is 2.64. The van der Waals surface area contributed by atoms with Gasteiger partial charge in [-0.15, -0.1) is 11.3 Å². The van der Waals surface area contributed by atoms with E-state index >= 15 is 0 Å². The van der Waals surface area contributed by atoms with Crippen LogP contribution in [0.1, 0.15) is 5.56 Å². The molecule has 68 valence electrons. The van der Waals surface area contributed by atoms with Crippen LogP contribution in [0, 0.1) is 3.57 Å². The number of benzene rings is 1. The first kappa shape index (κ1) is 9.89. The lowest BCUT2D eigenvalue weighted by Gasteiger charge is -2.02. The highest BCUT2D eigenvalue weighted by Gasteiger charge is 2.09. The zero-order chi connectivity index (χ0) is 9.42.